The fourth-order valence-corrected chi connectivity index (χ4v) is 3.42. The summed E-state index contributed by atoms with van der Waals surface area (Å²) in [5.41, 5.74) is 2.09. The Morgan fingerprint density at radius 2 is 1.78 bits per heavy atom. The highest BCUT2D eigenvalue weighted by Crippen LogP contribution is 2.23. The van der Waals surface area contributed by atoms with E-state index in [0.717, 1.165) is 10.6 Å². The average molecular weight is 363 g/mol. The highest BCUT2D eigenvalue weighted by molar-refractivity contribution is 7.09. The van der Waals surface area contributed by atoms with Crippen LogP contribution >= 0.6 is 34.5 Å². The van der Waals surface area contributed by atoms with Crippen molar-refractivity contribution in [2.45, 2.75) is 6.42 Å². The summed E-state index contributed by atoms with van der Waals surface area (Å²) in [5.74, 6) is -0.279. The predicted octanol–water partition coefficient (Wildman–Crippen LogP) is 5.29. The van der Waals surface area contributed by atoms with Crippen LogP contribution < -0.4 is 5.32 Å². The van der Waals surface area contributed by atoms with Crippen molar-refractivity contribution in [2.75, 3.05) is 5.32 Å². The second-order valence-electron chi connectivity index (χ2n) is 4.90. The van der Waals surface area contributed by atoms with Crippen LogP contribution in [0.5, 0.6) is 0 Å². The van der Waals surface area contributed by atoms with Gasteiger partial charge in [-0.3, -0.25) is 4.79 Å². The summed E-state index contributed by atoms with van der Waals surface area (Å²) in [6.07, 6.45) is 0.710. The summed E-state index contributed by atoms with van der Waals surface area (Å²) in [5, 5.41) is 6.33. The van der Waals surface area contributed by atoms with Gasteiger partial charge >= 0.3 is 0 Å². The quantitative estimate of drug-likeness (QED) is 0.684. The van der Waals surface area contributed by atoms with Crippen LogP contribution in [0.3, 0.4) is 0 Å². The van der Waals surface area contributed by atoms with Crippen molar-refractivity contribution >= 4 is 46.1 Å². The minimum absolute atomic E-state index is 0.279. The van der Waals surface area contributed by atoms with E-state index in [1.807, 2.05) is 30.3 Å². The second-order valence-corrected chi connectivity index (χ2v) is 6.72. The lowest BCUT2D eigenvalue weighted by Crippen LogP contribution is -2.12. The smallest absolute Gasteiger partial charge is 0.275 e. The normalized spacial score (nSPS) is 10.5. The van der Waals surface area contributed by atoms with E-state index in [1.165, 1.54) is 11.3 Å². The molecule has 1 amide bonds. The molecule has 0 bridgehead atoms. The Morgan fingerprint density at radius 3 is 2.48 bits per heavy atom. The topological polar surface area (TPSA) is 42.0 Å². The number of anilines is 1. The summed E-state index contributed by atoms with van der Waals surface area (Å²) in [6.45, 7) is 0. The molecule has 116 valence electrons. The van der Waals surface area contributed by atoms with E-state index in [0.29, 0.717) is 27.8 Å². The average Bonchev–Trinajstić information content (AvgIpc) is 2.96. The van der Waals surface area contributed by atoms with Crippen molar-refractivity contribution in [3.8, 4) is 0 Å². The second kappa shape index (κ2) is 7.13. The van der Waals surface area contributed by atoms with Gasteiger partial charge in [0.05, 0.1) is 5.01 Å². The van der Waals surface area contributed by atoms with Gasteiger partial charge in [-0.05, 0) is 23.8 Å². The van der Waals surface area contributed by atoms with E-state index in [4.69, 9.17) is 23.2 Å². The number of hydrogen-bond acceptors (Lipinski definition) is 3. The van der Waals surface area contributed by atoms with Crippen LogP contribution in [0.15, 0.2) is 53.9 Å². The molecule has 3 rings (SSSR count). The molecule has 6 heteroatoms. The van der Waals surface area contributed by atoms with Gasteiger partial charge in [-0.25, -0.2) is 4.98 Å². The number of benzene rings is 2. The molecule has 3 aromatic rings. The van der Waals surface area contributed by atoms with Crippen LogP contribution in [-0.4, -0.2) is 10.9 Å². The van der Waals surface area contributed by atoms with Crippen LogP contribution in [0.2, 0.25) is 10.0 Å². The number of nitrogens with zero attached hydrogens (tertiary/aromatic N) is 1. The van der Waals surface area contributed by atoms with Gasteiger partial charge in [0.15, 0.2) is 0 Å². The SMILES string of the molecule is O=C(Nc1cc(Cl)cc(Cl)c1)c1csc(Cc2ccccc2)n1. The minimum Gasteiger partial charge on any atom is -0.321 e. The van der Waals surface area contributed by atoms with E-state index >= 15 is 0 Å². The first kappa shape index (κ1) is 16.0. The lowest BCUT2D eigenvalue weighted by Gasteiger charge is -2.04. The van der Waals surface area contributed by atoms with Crippen molar-refractivity contribution in [2.24, 2.45) is 0 Å². The molecule has 0 spiro atoms. The van der Waals surface area contributed by atoms with Crippen molar-refractivity contribution < 1.29 is 4.79 Å². The molecule has 0 aliphatic heterocycles. The Bertz CT molecular complexity index is 813. The molecule has 1 aromatic heterocycles. The molecule has 0 radical (unpaired) electrons. The van der Waals surface area contributed by atoms with E-state index in [9.17, 15) is 4.79 Å². The lowest BCUT2D eigenvalue weighted by atomic mass is 10.2. The first-order valence-corrected chi connectivity index (χ1v) is 8.49. The Balaban J connectivity index is 1.71. The number of hydrogen-bond donors (Lipinski definition) is 1. The molecular formula is C17H12Cl2N2OS. The first-order valence-electron chi connectivity index (χ1n) is 6.86. The molecular weight excluding hydrogens is 351 g/mol. The largest absolute Gasteiger partial charge is 0.321 e. The van der Waals surface area contributed by atoms with Gasteiger partial charge in [-0.15, -0.1) is 11.3 Å². The number of rotatable bonds is 4. The van der Waals surface area contributed by atoms with Crippen molar-refractivity contribution in [1.82, 2.24) is 4.98 Å². The molecule has 0 saturated heterocycles. The zero-order chi connectivity index (χ0) is 16.2. The highest BCUT2D eigenvalue weighted by Gasteiger charge is 2.12. The summed E-state index contributed by atoms with van der Waals surface area (Å²) in [4.78, 5) is 16.6. The summed E-state index contributed by atoms with van der Waals surface area (Å²) >= 11 is 13.3. The fraction of sp³-hybridized carbons (Fsp3) is 0.0588. The van der Waals surface area contributed by atoms with E-state index < -0.39 is 0 Å². The van der Waals surface area contributed by atoms with Gasteiger partial charge in [0.25, 0.3) is 5.91 Å². The highest BCUT2D eigenvalue weighted by atomic mass is 35.5. The van der Waals surface area contributed by atoms with Gasteiger partial charge < -0.3 is 5.32 Å². The predicted molar refractivity (Wildman–Crippen MR) is 95.8 cm³/mol. The molecule has 0 atom stereocenters. The molecule has 3 nitrogen and oxygen atoms in total. The molecule has 0 aliphatic rings. The Kier molecular flexibility index (Phi) is 4.96. The molecule has 0 unspecified atom stereocenters. The summed E-state index contributed by atoms with van der Waals surface area (Å²) in [6, 6.07) is 14.9. The van der Waals surface area contributed by atoms with E-state index in [-0.39, 0.29) is 5.91 Å². The molecule has 1 heterocycles. The number of nitrogens with one attached hydrogen (secondary N) is 1. The monoisotopic (exact) mass is 362 g/mol. The van der Waals surface area contributed by atoms with Gasteiger partial charge in [-0.2, -0.15) is 0 Å². The third-order valence-electron chi connectivity index (χ3n) is 3.10. The zero-order valence-electron chi connectivity index (χ0n) is 11.9. The minimum atomic E-state index is -0.279. The van der Waals surface area contributed by atoms with E-state index in [2.05, 4.69) is 10.3 Å². The van der Waals surface area contributed by atoms with Crippen LogP contribution in [0, 0.1) is 0 Å². The Hall–Kier alpha value is -1.88. The number of thiazole rings is 1. The molecule has 1 N–H and O–H groups in total. The number of carbonyl (C=O) groups excluding carboxylic acids is 1. The van der Waals surface area contributed by atoms with Gasteiger partial charge in [-0.1, -0.05) is 53.5 Å². The summed E-state index contributed by atoms with van der Waals surface area (Å²) in [7, 11) is 0. The molecule has 23 heavy (non-hydrogen) atoms. The Morgan fingerprint density at radius 1 is 1.09 bits per heavy atom. The number of carbonyl (C=O) groups is 1. The number of aromatic nitrogens is 1. The first-order chi connectivity index (χ1) is 11.1. The molecule has 0 fully saturated rings. The fourth-order valence-electron chi connectivity index (χ4n) is 2.09. The van der Waals surface area contributed by atoms with Crippen molar-refractivity contribution in [3.63, 3.8) is 0 Å². The number of amides is 1. The van der Waals surface area contributed by atoms with Crippen LogP contribution in [0.1, 0.15) is 21.1 Å². The standard InChI is InChI=1S/C17H12Cl2N2OS/c18-12-7-13(19)9-14(8-12)20-17(22)15-10-23-16(21-15)6-11-4-2-1-3-5-11/h1-5,7-10H,6H2,(H,20,22). The van der Waals surface area contributed by atoms with Gasteiger partial charge in [0, 0.05) is 27.5 Å². The van der Waals surface area contributed by atoms with Crippen LogP contribution in [-0.2, 0) is 6.42 Å². The number of halogens is 2. The third kappa shape index (κ3) is 4.32. The molecule has 0 saturated carbocycles. The maximum Gasteiger partial charge on any atom is 0.275 e. The maximum atomic E-state index is 12.2. The van der Waals surface area contributed by atoms with Crippen molar-refractivity contribution in [3.05, 3.63) is 80.2 Å². The van der Waals surface area contributed by atoms with Gasteiger partial charge in [0.2, 0.25) is 0 Å². The lowest BCUT2D eigenvalue weighted by molar-refractivity contribution is 0.102. The van der Waals surface area contributed by atoms with E-state index in [1.54, 1.807) is 23.6 Å². The third-order valence-corrected chi connectivity index (χ3v) is 4.39. The van der Waals surface area contributed by atoms with Gasteiger partial charge in [0.1, 0.15) is 5.69 Å². The van der Waals surface area contributed by atoms with Crippen molar-refractivity contribution in [1.29, 1.82) is 0 Å². The summed E-state index contributed by atoms with van der Waals surface area (Å²) < 4.78 is 0. The van der Waals surface area contributed by atoms with Crippen LogP contribution in [0.4, 0.5) is 5.69 Å². The van der Waals surface area contributed by atoms with Crippen LogP contribution in [0.25, 0.3) is 0 Å². The molecule has 2 aromatic carbocycles. The zero-order valence-corrected chi connectivity index (χ0v) is 14.3. The maximum absolute atomic E-state index is 12.2. The molecule has 0 aliphatic carbocycles. The Labute approximate surface area is 147 Å².